The Hall–Kier alpha value is -3.37. The molecule has 0 aromatic heterocycles. The highest BCUT2D eigenvalue weighted by molar-refractivity contribution is 6.51. The Morgan fingerprint density at radius 2 is 1.66 bits per heavy atom. The van der Waals surface area contributed by atoms with Gasteiger partial charge < -0.3 is 5.11 Å². The lowest BCUT2D eigenvalue weighted by molar-refractivity contribution is -0.132. The summed E-state index contributed by atoms with van der Waals surface area (Å²) >= 11 is 6.14. The summed E-state index contributed by atoms with van der Waals surface area (Å²) in [5.41, 5.74) is 2.76. The fourth-order valence-electron chi connectivity index (χ4n) is 3.63. The molecule has 1 N–H and O–H groups in total. The summed E-state index contributed by atoms with van der Waals surface area (Å²) < 4.78 is 0. The molecule has 1 aliphatic heterocycles. The topological polar surface area (TPSA) is 57.6 Å². The fraction of sp³-hybridized carbons (Fsp3) is 0.0833. The Bertz CT molecular complexity index is 1140. The van der Waals surface area contributed by atoms with Crippen molar-refractivity contribution in [2.75, 3.05) is 4.90 Å². The smallest absolute Gasteiger partial charge is 0.300 e. The first-order chi connectivity index (χ1) is 14.0. The van der Waals surface area contributed by atoms with E-state index in [1.165, 1.54) is 4.90 Å². The number of aliphatic hydroxyl groups excluding tert-OH is 1. The molecular formula is C24H18ClNO3. The van der Waals surface area contributed by atoms with E-state index in [4.69, 9.17) is 11.6 Å². The molecule has 1 aliphatic rings. The van der Waals surface area contributed by atoms with Gasteiger partial charge >= 0.3 is 0 Å². The van der Waals surface area contributed by atoms with E-state index in [9.17, 15) is 14.7 Å². The molecule has 0 bridgehead atoms. The van der Waals surface area contributed by atoms with Crippen LogP contribution in [-0.2, 0) is 9.59 Å². The molecule has 144 valence electrons. The molecule has 5 heteroatoms. The molecule has 0 aliphatic carbocycles. The number of aliphatic hydroxyl groups is 1. The second-order valence-electron chi connectivity index (χ2n) is 6.93. The van der Waals surface area contributed by atoms with E-state index in [1.807, 2.05) is 37.3 Å². The number of anilines is 1. The SMILES string of the molecule is Cc1cccc(C2/C(=C(\O)c3ccccc3)C(=O)C(=O)N2c2cccc(Cl)c2)c1. The normalized spacial score (nSPS) is 18.3. The molecule has 0 spiro atoms. The molecular weight excluding hydrogens is 386 g/mol. The number of hydrogen-bond donors (Lipinski definition) is 1. The summed E-state index contributed by atoms with van der Waals surface area (Å²) in [6.07, 6.45) is 0. The molecule has 1 fully saturated rings. The van der Waals surface area contributed by atoms with Crippen LogP contribution in [0.1, 0.15) is 22.7 Å². The second-order valence-corrected chi connectivity index (χ2v) is 7.37. The number of halogens is 1. The third-order valence-electron chi connectivity index (χ3n) is 4.94. The molecule has 1 heterocycles. The van der Waals surface area contributed by atoms with E-state index in [0.717, 1.165) is 11.1 Å². The zero-order valence-corrected chi connectivity index (χ0v) is 16.4. The zero-order chi connectivity index (χ0) is 20.5. The number of nitrogens with zero attached hydrogens (tertiary/aromatic N) is 1. The maximum Gasteiger partial charge on any atom is 0.300 e. The van der Waals surface area contributed by atoms with E-state index in [2.05, 4.69) is 0 Å². The van der Waals surface area contributed by atoms with Gasteiger partial charge in [-0.15, -0.1) is 0 Å². The van der Waals surface area contributed by atoms with Gasteiger partial charge in [-0.05, 0) is 30.7 Å². The monoisotopic (exact) mass is 403 g/mol. The van der Waals surface area contributed by atoms with Crippen molar-refractivity contribution in [1.82, 2.24) is 0 Å². The summed E-state index contributed by atoms with van der Waals surface area (Å²) in [6, 6.07) is 22.4. The molecule has 1 amide bonds. The molecule has 4 nitrogen and oxygen atoms in total. The average Bonchev–Trinajstić information content (AvgIpc) is 2.99. The van der Waals surface area contributed by atoms with Crippen LogP contribution in [0.2, 0.25) is 5.02 Å². The van der Waals surface area contributed by atoms with Crippen LogP contribution in [0.5, 0.6) is 0 Å². The van der Waals surface area contributed by atoms with Crippen LogP contribution < -0.4 is 4.90 Å². The highest BCUT2D eigenvalue weighted by atomic mass is 35.5. The molecule has 3 aromatic rings. The number of ketones is 1. The van der Waals surface area contributed by atoms with Crippen molar-refractivity contribution in [3.05, 3.63) is 106 Å². The summed E-state index contributed by atoms with van der Waals surface area (Å²) in [6.45, 7) is 1.94. The molecule has 0 saturated carbocycles. The predicted octanol–water partition coefficient (Wildman–Crippen LogP) is 5.27. The standard InChI is InChI=1S/C24H18ClNO3/c1-15-7-5-10-17(13-15)21-20(22(27)16-8-3-2-4-9-16)23(28)24(29)26(21)19-12-6-11-18(25)14-19/h2-14,21,27H,1H3/b22-20+. The third-order valence-corrected chi connectivity index (χ3v) is 5.17. The minimum Gasteiger partial charge on any atom is -0.507 e. The first-order valence-corrected chi connectivity index (χ1v) is 9.53. The van der Waals surface area contributed by atoms with Crippen LogP contribution in [0.25, 0.3) is 5.76 Å². The molecule has 0 radical (unpaired) electrons. The minimum atomic E-state index is -0.756. The molecule has 1 atom stereocenters. The van der Waals surface area contributed by atoms with E-state index in [0.29, 0.717) is 16.3 Å². The minimum absolute atomic E-state index is 0.0618. The number of amides is 1. The van der Waals surface area contributed by atoms with Crippen LogP contribution in [-0.4, -0.2) is 16.8 Å². The summed E-state index contributed by atoms with van der Waals surface area (Å²) in [4.78, 5) is 27.4. The maximum atomic E-state index is 13.0. The number of carbonyl (C=O) groups is 2. The van der Waals surface area contributed by atoms with Crippen molar-refractivity contribution >= 4 is 34.7 Å². The van der Waals surface area contributed by atoms with Gasteiger partial charge in [0.25, 0.3) is 11.7 Å². The van der Waals surface area contributed by atoms with Gasteiger partial charge in [0, 0.05) is 16.3 Å². The number of Topliss-reactive ketones (excluding diaryl/α,β-unsaturated/α-hetero) is 1. The van der Waals surface area contributed by atoms with Crippen molar-refractivity contribution in [3.63, 3.8) is 0 Å². The quantitative estimate of drug-likeness (QED) is 0.368. The van der Waals surface area contributed by atoms with E-state index in [-0.39, 0.29) is 11.3 Å². The molecule has 29 heavy (non-hydrogen) atoms. The number of carbonyl (C=O) groups excluding carboxylic acids is 2. The van der Waals surface area contributed by atoms with Gasteiger partial charge in [0.15, 0.2) is 0 Å². The summed E-state index contributed by atoms with van der Waals surface area (Å²) in [5, 5.41) is 11.4. The Balaban J connectivity index is 1.97. The second kappa shape index (κ2) is 7.57. The lowest BCUT2D eigenvalue weighted by Crippen LogP contribution is -2.29. The Labute approximate surface area is 173 Å². The van der Waals surface area contributed by atoms with Gasteiger partial charge in [-0.25, -0.2) is 0 Å². The van der Waals surface area contributed by atoms with Crippen LogP contribution in [0.15, 0.2) is 84.4 Å². The van der Waals surface area contributed by atoms with Gasteiger partial charge in [0.1, 0.15) is 5.76 Å². The Morgan fingerprint density at radius 1 is 0.931 bits per heavy atom. The van der Waals surface area contributed by atoms with Crippen LogP contribution in [0, 0.1) is 6.92 Å². The van der Waals surface area contributed by atoms with Gasteiger partial charge in [-0.1, -0.05) is 77.8 Å². The van der Waals surface area contributed by atoms with Gasteiger partial charge in [0.2, 0.25) is 0 Å². The van der Waals surface area contributed by atoms with Crippen LogP contribution >= 0.6 is 11.6 Å². The van der Waals surface area contributed by atoms with Gasteiger partial charge in [0.05, 0.1) is 11.6 Å². The Morgan fingerprint density at radius 3 is 2.34 bits per heavy atom. The predicted molar refractivity (Wildman–Crippen MR) is 114 cm³/mol. The number of benzene rings is 3. The molecule has 3 aromatic carbocycles. The van der Waals surface area contributed by atoms with Crippen LogP contribution in [0.3, 0.4) is 0 Å². The van der Waals surface area contributed by atoms with Crippen molar-refractivity contribution in [2.45, 2.75) is 13.0 Å². The number of aryl methyl sites for hydroxylation is 1. The summed E-state index contributed by atoms with van der Waals surface area (Å²) in [5.74, 6) is -1.62. The highest BCUT2D eigenvalue weighted by Gasteiger charge is 2.47. The zero-order valence-electron chi connectivity index (χ0n) is 15.7. The van der Waals surface area contributed by atoms with Crippen molar-refractivity contribution < 1.29 is 14.7 Å². The Kier molecular flexibility index (Phi) is 4.95. The van der Waals surface area contributed by atoms with E-state index < -0.39 is 17.7 Å². The van der Waals surface area contributed by atoms with Crippen molar-refractivity contribution in [1.29, 1.82) is 0 Å². The van der Waals surface area contributed by atoms with Crippen molar-refractivity contribution in [3.8, 4) is 0 Å². The van der Waals surface area contributed by atoms with Gasteiger partial charge in [-0.3, -0.25) is 14.5 Å². The number of hydrogen-bond acceptors (Lipinski definition) is 3. The van der Waals surface area contributed by atoms with Crippen LogP contribution in [0.4, 0.5) is 5.69 Å². The lowest BCUT2D eigenvalue weighted by Gasteiger charge is -2.25. The molecule has 1 saturated heterocycles. The fourth-order valence-corrected chi connectivity index (χ4v) is 3.82. The lowest BCUT2D eigenvalue weighted by atomic mass is 9.94. The van der Waals surface area contributed by atoms with Crippen molar-refractivity contribution in [2.24, 2.45) is 0 Å². The summed E-state index contributed by atoms with van der Waals surface area (Å²) in [7, 11) is 0. The first-order valence-electron chi connectivity index (χ1n) is 9.16. The molecule has 1 unspecified atom stereocenters. The largest absolute Gasteiger partial charge is 0.507 e. The highest BCUT2D eigenvalue weighted by Crippen LogP contribution is 2.42. The molecule has 4 rings (SSSR count). The van der Waals surface area contributed by atoms with E-state index >= 15 is 0 Å². The van der Waals surface area contributed by atoms with Gasteiger partial charge in [-0.2, -0.15) is 0 Å². The average molecular weight is 404 g/mol. The third kappa shape index (κ3) is 3.43. The first kappa shape index (κ1) is 19.0. The maximum absolute atomic E-state index is 13.0. The number of rotatable bonds is 3. The van der Waals surface area contributed by atoms with E-state index in [1.54, 1.807) is 48.5 Å².